The zero-order valence-corrected chi connectivity index (χ0v) is 37.5. The van der Waals surface area contributed by atoms with Crippen LogP contribution in [-0.4, -0.2) is 129 Å². The number of likely N-dealkylation sites (N-methyl/N-ethyl adjacent to an activating group) is 2. The smallest absolute Gasteiger partial charge is 0.344 e. The molecule has 8 atom stereocenters. The van der Waals surface area contributed by atoms with Crippen molar-refractivity contribution in [3.8, 4) is 5.75 Å². The van der Waals surface area contributed by atoms with Gasteiger partial charge in [0, 0.05) is 90.3 Å². The molecule has 1 saturated heterocycles. The lowest BCUT2D eigenvalue weighted by atomic mass is 9.47. The topological polar surface area (TPSA) is 134 Å². The molecule has 62 heavy (non-hydrogen) atoms. The average Bonchev–Trinajstić information content (AvgIpc) is 3.89. The molecular weight excluding hydrogens is 799 g/mol. The Balaban J connectivity index is 1.45. The minimum atomic E-state index is -2.96. The van der Waals surface area contributed by atoms with E-state index in [0.29, 0.717) is 68.1 Å². The number of aromatic amines is 1. The highest BCUT2D eigenvalue weighted by Gasteiger charge is 2.80. The largest absolute Gasteiger partial charge is 0.496 e. The SMILES string of the molecule is CCN1CCc2c([nH]c3ccc(C)cc23)[C@@](C(=O)OC)(c2cc3c(cc2OC)N(C)[C@H]2[C@@](O)(C(=O)OC)[C@H](OC(C)=O)[C@]4(CC)C=CCN5CC[C@]32[C@@H]54)CCCC(C(C)(F)F)C1. The Morgan fingerprint density at radius 2 is 1.74 bits per heavy atom. The normalized spacial score (nSPS) is 32.3. The summed E-state index contributed by atoms with van der Waals surface area (Å²) in [5, 5.41) is 14.3. The highest BCUT2D eigenvalue weighted by Crippen LogP contribution is 2.68. The fourth-order valence-electron chi connectivity index (χ4n) is 13.0. The number of hydrogen-bond donors (Lipinski definition) is 2. The van der Waals surface area contributed by atoms with Gasteiger partial charge in [0.25, 0.3) is 0 Å². The van der Waals surface area contributed by atoms with E-state index < -0.39 is 63.7 Å². The molecule has 4 aliphatic heterocycles. The molecule has 1 saturated carbocycles. The fourth-order valence-corrected chi connectivity index (χ4v) is 13.0. The number of halogens is 2. The van der Waals surface area contributed by atoms with Crippen molar-refractivity contribution in [1.29, 1.82) is 0 Å². The molecule has 2 N–H and O–H groups in total. The van der Waals surface area contributed by atoms with E-state index in [0.717, 1.165) is 34.5 Å². The summed E-state index contributed by atoms with van der Waals surface area (Å²) >= 11 is 0. The summed E-state index contributed by atoms with van der Waals surface area (Å²) in [4.78, 5) is 52.7. The Morgan fingerprint density at radius 3 is 2.39 bits per heavy atom. The molecule has 3 aromatic rings. The summed E-state index contributed by atoms with van der Waals surface area (Å²) < 4.78 is 54.8. The van der Waals surface area contributed by atoms with Gasteiger partial charge in [-0.05, 0) is 88.4 Å². The maximum Gasteiger partial charge on any atom is 0.344 e. The number of rotatable bonds is 8. The zero-order valence-electron chi connectivity index (χ0n) is 37.5. The van der Waals surface area contributed by atoms with Crippen molar-refractivity contribution >= 4 is 34.5 Å². The van der Waals surface area contributed by atoms with Crippen LogP contribution in [0.3, 0.4) is 0 Å². The minimum absolute atomic E-state index is 0.121. The van der Waals surface area contributed by atoms with Crippen LogP contribution in [0.15, 0.2) is 42.5 Å². The molecule has 0 bridgehead atoms. The number of carbonyl (C=O) groups excluding carboxylic acids is 3. The first-order valence-electron chi connectivity index (χ1n) is 22.1. The number of anilines is 1. The van der Waals surface area contributed by atoms with Crippen molar-refractivity contribution in [1.82, 2.24) is 14.8 Å². The maximum absolute atomic E-state index is 15.5. The highest BCUT2D eigenvalue weighted by atomic mass is 19.3. The summed E-state index contributed by atoms with van der Waals surface area (Å²) in [6.45, 7) is 10.8. The number of alkyl halides is 2. The average molecular weight is 861 g/mol. The number of nitrogens with one attached hydrogen (secondary N) is 1. The molecule has 1 aromatic heterocycles. The number of aliphatic hydroxyl groups is 1. The van der Waals surface area contributed by atoms with Crippen LogP contribution in [-0.2, 0) is 45.8 Å². The van der Waals surface area contributed by atoms with Gasteiger partial charge in [-0.2, -0.15) is 0 Å². The summed E-state index contributed by atoms with van der Waals surface area (Å²) in [6.07, 6.45) is 4.67. The van der Waals surface area contributed by atoms with Gasteiger partial charge in [0.05, 0.1) is 27.4 Å². The number of aryl methyl sites for hydroxylation is 1. The highest BCUT2D eigenvalue weighted by molar-refractivity contribution is 5.95. The van der Waals surface area contributed by atoms with E-state index in [-0.39, 0.29) is 31.8 Å². The number of fused-ring (bicyclic) bond motifs is 4. The van der Waals surface area contributed by atoms with Crippen LogP contribution in [0.25, 0.3) is 10.9 Å². The van der Waals surface area contributed by atoms with Crippen LogP contribution in [0.2, 0.25) is 0 Å². The quantitative estimate of drug-likeness (QED) is 0.152. The Morgan fingerprint density at radius 1 is 1.00 bits per heavy atom. The lowest BCUT2D eigenvalue weighted by Crippen LogP contribution is -2.81. The van der Waals surface area contributed by atoms with Crippen LogP contribution in [0, 0.1) is 18.3 Å². The van der Waals surface area contributed by atoms with Gasteiger partial charge in [-0.1, -0.05) is 44.1 Å². The number of ether oxygens (including phenoxy) is 4. The van der Waals surface area contributed by atoms with E-state index in [4.69, 9.17) is 18.9 Å². The molecule has 2 aromatic carbocycles. The van der Waals surface area contributed by atoms with Crippen molar-refractivity contribution in [3.05, 3.63) is 70.4 Å². The van der Waals surface area contributed by atoms with Gasteiger partial charge in [-0.3, -0.25) is 14.5 Å². The first-order chi connectivity index (χ1) is 29.4. The standard InChI is InChI=1S/C48H62F2N4O8/c1-10-45-18-13-21-54-23-20-47(39(45)54)33-25-34(37(59-7)26-36(33)52(6)40(47)48(58,43(57)61-9)41(45)62-29(4)55)46(42(56)60-8)19-12-14-30(44(5,49)50)27-53(11-2)22-17-31-32-24-28(3)15-16-35(32)51-38(31)46/h13,15-16,18,24-26,30,39-41,51,58H,10-12,14,17,19-23,27H2,1-9H3/t30?,39-,40+,41+,45+,46-,47+,48-/m0/s1. The molecule has 2 fully saturated rings. The van der Waals surface area contributed by atoms with E-state index in [1.54, 1.807) is 0 Å². The fraction of sp³-hybridized carbons (Fsp3) is 0.604. The van der Waals surface area contributed by atoms with Crippen molar-refractivity contribution in [2.75, 3.05) is 66.0 Å². The van der Waals surface area contributed by atoms with E-state index in [1.807, 2.05) is 69.1 Å². The van der Waals surface area contributed by atoms with Gasteiger partial charge in [0.1, 0.15) is 11.2 Å². The summed E-state index contributed by atoms with van der Waals surface area (Å²) in [5.41, 5.74) is -0.572. The zero-order chi connectivity index (χ0) is 44.7. The first-order valence-corrected chi connectivity index (χ1v) is 22.1. The van der Waals surface area contributed by atoms with Crippen LogP contribution in [0.1, 0.15) is 87.7 Å². The molecule has 5 aliphatic rings. The predicted molar refractivity (Wildman–Crippen MR) is 231 cm³/mol. The van der Waals surface area contributed by atoms with E-state index in [9.17, 15) is 14.7 Å². The molecule has 5 heterocycles. The summed E-state index contributed by atoms with van der Waals surface area (Å²) in [6, 6.07) is 8.67. The molecule has 0 amide bonds. The van der Waals surface area contributed by atoms with Crippen LogP contribution < -0.4 is 9.64 Å². The second-order valence-electron chi connectivity index (χ2n) is 18.6. The number of esters is 3. The van der Waals surface area contributed by atoms with Crippen LogP contribution in [0.4, 0.5) is 14.5 Å². The van der Waals surface area contributed by atoms with Gasteiger partial charge < -0.3 is 38.8 Å². The molecule has 1 unspecified atom stereocenters. The number of aromatic nitrogens is 1. The third kappa shape index (κ3) is 6.08. The molecule has 1 spiro atoms. The van der Waals surface area contributed by atoms with E-state index in [2.05, 4.69) is 20.9 Å². The molecule has 12 nitrogen and oxygen atoms in total. The van der Waals surface area contributed by atoms with Crippen molar-refractivity contribution in [2.45, 2.75) is 114 Å². The van der Waals surface area contributed by atoms with Gasteiger partial charge in [-0.25, -0.2) is 13.6 Å². The first kappa shape index (κ1) is 44.1. The second-order valence-corrected chi connectivity index (χ2v) is 18.6. The minimum Gasteiger partial charge on any atom is -0.496 e. The number of benzene rings is 2. The van der Waals surface area contributed by atoms with Crippen LogP contribution >= 0.6 is 0 Å². The van der Waals surface area contributed by atoms with Crippen molar-refractivity contribution in [3.63, 3.8) is 0 Å². The molecular formula is C48H62F2N4O8. The summed E-state index contributed by atoms with van der Waals surface area (Å²) in [5.74, 6) is -5.68. The third-order valence-electron chi connectivity index (χ3n) is 15.6. The lowest BCUT2D eigenvalue weighted by Gasteiger charge is -2.63. The Bertz CT molecular complexity index is 2310. The number of H-pyrrole nitrogens is 1. The molecule has 336 valence electrons. The number of carbonyl (C=O) groups is 3. The Hall–Kier alpha value is -4.53. The van der Waals surface area contributed by atoms with Gasteiger partial charge >= 0.3 is 17.9 Å². The predicted octanol–water partition coefficient (Wildman–Crippen LogP) is 6.21. The van der Waals surface area contributed by atoms with E-state index >= 15 is 13.6 Å². The van der Waals surface area contributed by atoms with Gasteiger partial charge in [0.15, 0.2) is 6.10 Å². The lowest BCUT2D eigenvalue weighted by molar-refractivity contribution is -0.228. The molecule has 0 radical (unpaired) electrons. The van der Waals surface area contributed by atoms with Crippen LogP contribution in [0.5, 0.6) is 5.75 Å². The second kappa shape index (κ2) is 15.6. The van der Waals surface area contributed by atoms with E-state index in [1.165, 1.54) is 28.3 Å². The third-order valence-corrected chi connectivity index (χ3v) is 15.6. The number of nitrogens with zero attached hydrogens (tertiary/aromatic N) is 3. The number of methoxy groups -OCH3 is 3. The molecule has 8 rings (SSSR count). The van der Waals surface area contributed by atoms with Crippen molar-refractivity contribution < 1.29 is 47.2 Å². The van der Waals surface area contributed by atoms with Gasteiger partial charge in [0.2, 0.25) is 11.5 Å². The number of hydrogen-bond acceptors (Lipinski definition) is 11. The molecule has 1 aliphatic carbocycles. The van der Waals surface area contributed by atoms with Gasteiger partial charge in [-0.15, -0.1) is 0 Å². The Labute approximate surface area is 362 Å². The van der Waals surface area contributed by atoms with Crippen molar-refractivity contribution in [2.24, 2.45) is 11.3 Å². The summed E-state index contributed by atoms with van der Waals surface area (Å²) in [7, 11) is 5.94. The molecule has 14 heteroatoms. The monoisotopic (exact) mass is 860 g/mol. The Kier molecular flexibility index (Phi) is 11.1. The maximum atomic E-state index is 15.5.